The molecule has 0 bridgehead atoms. The Kier molecular flexibility index (Phi) is 3.83. The summed E-state index contributed by atoms with van der Waals surface area (Å²) < 4.78 is 13.2. The van der Waals surface area contributed by atoms with E-state index in [1.165, 1.54) is 4.90 Å². The van der Waals surface area contributed by atoms with Gasteiger partial charge in [-0.05, 0) is 18.1 Å². The standard InChI is InChI=1S/C14H16FNO3/c1-9-4-2-3-5-10(9)6-12(17)16-7-11(8-16)13(15)14(18)19/h2-5,11,13H,6-8H2,1H3,(H,18,19). The fraction of sp³-hybridized carbons (Fsp3) is 0.429. The third-order valence-electron chi connectivity index (χ3n) is 3.52. The smallest absolute Gasteiger partial charge is 0.338 e. The van der Waals surface area contributed by atoms with Gasteiger partial charge in [0.15, 0.2) is 0 Å². The van der Waals surface area contributed by atoms with E-state index >= 15 is 0 Å². The summed E-state index contributed by atoms with van der Waals surface area (Å²) in [6.45, 7) is 2.32. The molecule has 1 aromatic carbocycles. The number of hydrogen-bond donors (Lipinski definition) is 1. The lowest BCUT2D eigenvalue weighted by atomic mass is 9.93. The van der Waals surface area contributed by atoms with Crippen LogP contribution in [0.15, 0.2) is 24.3 Å². The van der Waals surface area contributed by atoms with Crippen molar-refractivity contribution < 1.29 is 19.1 Å². The molecule has 0 aliphatic carbocycles. The highest BCUT2D eigenvalue weighted by molar-refractivity contribution is 5.80. The molecule has 2 rings (SSSR count). The van der Waals surface area contributed by atoms with Crippen molar-refractivity contribution in [2.24, 2.45) is 5.92 Å². The van der Waals surface area contributed by atoms with Gasteiger partial charge in [0.05, 0.1) is 6.42 Å². The molecular formula is C14H16FNO3. The number of carboxylic acid groups (broad SMARTS) is 1. The molecule has 1 heterocycles. The Balaban J connectivity index is 1.87. The highest BCUT2D eigenvalue weighted by atomic mass is 19.1. The zero-order valence-electron chi connectivity index (χ0n) is 10.7. The third-order valence-corrected chi connectivity index (χ3v) is 3.52. The second-order valence-corrected chi connectivity index (χ2v) is 4.90. The van der Waals surface area contributed by atoms with E-state index in [2.05, 4.69) is 0 Å². The fourth-order valence-electron chi connectivity index (χ4n) is 2.19. The van der Waals surface area contributed by atoms with Crippen molar-refractivity contribution in [3.63, 3.8) is 0 Å². The molecule has 0 saturated carbocycles. The Hall–Kier alpha value is -1.91. The first kappa shape index (κ1) is 13.5. The largest absolute Gasteiger partial charge is 0.479 e. The number of aliphatic carboxylic acids is 1. The number of aryl methyl sites for hydroxylation is 1. The maximum Gasteiger partial charge on any atom is 0.338 e. The molecule has 1 atom stereocenters. The van der Waals surface area contributed by atoms with Crippen molar-refractivity contribution in [2.45, 2.75) is 19.5 Å². The van der Waals surface area contributed by atoms with Crippen LogP contribution >= 0.6 is 0 Å². The Morgan fingerprint density at radius 3 is 2.63 bits per heavy atom. The SMILES string of the molecule is Cc1ccccc1CC(=O)N1CC(C(F)C(=O)O)C1. The van der Waals surface area contributed by atoms with Gasteiger partial charge in [-0.2, -0.15) is 0 Å². The summed E-state index contributed by atoms with van der Waals surface area (Å²) in [4.78, 5) is 23.9. The number of likely N-dealkylation sites (tertiary alicyclic amines) is 1. The molecule has 1 aliphatic rings. The van der Waals surface area contributed by atoms with Gasteiger partial charge in [-0.3, -0.25) is 4.79 Å². The van der Waals surface area contributed by atoms with Crippen molar-refractivity contribution in [3.8, 4) is 0 Å². The third kappa shape index (κ3) is 2.92. The number of rotatable bonds is 4. The normalized spacial score (nSPS) is 16.8. The van der Waals surface area contributed by atoms with Gasteiger partial charge in [0.1, 0.15) is 0 Å². The molecule has 1 N–H and O–H groups in total. The van der Waals surface area contributed by atoms with Gasteiger partial charge in [0.2, 0.25) is 12.1 Å². The topological polar surface area (TPSA) is 57.6 Å². The van der Waals surface area contributed by atoms with Crippen molar-refractivity contribution in [3.05, 3.63) is 35.4 Å². The van der Waals surface area contributed by atoms with Crippen molar-refractivity contribution in [1.29, 1.82) is 0 Å². The first-order valence-electron chi connectivity index (χ1n) is 6.18. The van der Waals surface area contributed by atoms with Crippen LogP contribution in [0.25, 0.3) is 0 Å². The van der Waals surface area contributed by atoms with Gasteiger partial charge in [0.25, 0.3) is 0 Å². The maximum atomic E-state index is 13.2. The van der Waals surface area contributed by atoms with Gasteiger partial charge in [-0.25, -0.2) is 9.18 Å². The minimum atomic E-state index is -1.87. The van der Waals surface area contributed by atoms with E-state index < -0.39 is 18.1 Å². The van der Waals surface area contributed by atoms with Gasteiger partial charge in [0, 0.05) is 19.0 Å². The molecular weight excluding hydrogens is 249 g/mol. The van der Waals surface area contributed by atoms with Crippen LogP contribution in [0.4, 0.5) is 4.39 Å². The van der Waals surface area contributed by atoms with Crippen molar-refractivity contribution in [2.75, 3.05) is 13.1 Å². The Bertz CT molecular complexity index is 497. The summed E-state index contributed by atoms with van der Waals surface area (Å²) >= 11 is 0. The van der Waals surface area contributed by atoms with E-state index in [4.69, 9.17) is 5.11 Å². The van der Waals surface area contributed by atoms with Crippen LogP contribution in [0, 0.1) is 12.8 Å². The monoisotopic (exact) mass is 265 g/mol. The molecule has 1 unspecified atom stereocenters. The molecule has 102 valence electrons. The molecule has 0 radical (unpaired) electrons. The minimum absolute atomic E-state index is 0.0804. The summed E-state index contributed by atoms with van der Waals surface area (Å²) in [5.74, 6) is -2.10. The molecule has 5 heteroatoms. The van der Waals surface area contributed by atoms with E-state index in [0.717, 1.165) is 11.1 Å². The number of carbonyl (C=O) groups excluding carboxylic acids is 1. The molecule has 1 amide bonds. The van der Waals surface area contributed by atoms with Crippen LogP contribution in [0.1, 0.15) is 11.1 Å². The number of hydrogen-bond acceptors (Lipinski definition) is 2. The Morgan fingerprint density at radius 2 is 2.05 bits per heavy atom. The number of benzene rings is 1. The van der Waals surface area contributed by atoms with Crippen LogP contribution in [0.3, 0.4) is 0 Å². The quantitative estimate of drug-likeness (QED) is 0.895. The summed E-state index contributed by atoms with van der Waals surface area (Å²) in [5, 5.41) is 8.54. The predicted molar refractivity (Wildman–Crippen MR) is 67.5 cm³/mol. The van der Waals surface area contributed by atoms with E-state index in [9.17, 15) is 14.0 Å². The van der Waals surface area contributed by atoms with Crippen molar-refractivity contribution >= 4 is 11.9 Å². The summed E-state index contributed by atoms with van der Waals surface area (Å²) in [6, 6.07) is 7.60. The predicted octanol–water partition coefficient (Wildman–Crippen LogP) is 1.42. The second kappa shape index (κ2) is 5.38. The second-order valence-electron chi connectivity index (χ2n) is 4.90. The molecule has 1 aliphatic heterocycles. The lowest BCUT2D eigenvalue weighted by molar-refractivity contribution is -0.152. The van der Waals surface area contributed by atoms with Crippen LogP contribution in [0.5, 0.6) is 0 Å². The molecule has 1 fully saturated rings. The van der Waals surface area contributed by atoms with E-state index in [1.807, 2.05) is 31.2 Å². The Labute approximate surface area is 110 Å². The van der Waals surface area contributed by atoms with Gasteiger partial charge in [-0.1, -0.05) is 24.3 Å². The summed E-state index contributed by atoms with van der Waals surface area (Å²) in [7, 11) is 0. The minimum Gasteiger partial charge on any atom is -0.479 e. The lowest BCUT2D eigenvalue weighted by Crippen LogP contribution is -2.55. The van der Waals surface area contributed by atoms with Crippen LogP contribution in [-0.2, 0) is 16.0 Å². The van der Waals surface area contributed by atoms with Gasteiger partial charge < -0.3 is 10.0 Å². The number of nitrogens with zero attached hydrogens (tertiary/aromatic N) is 1. The molecule has 1 saturated heterocycles. The van der Waals surface area contributed by atoms with E-state index in [-0.39, 0.29) is 25.4 Å². The maximum absolute atomic E-state index is 13.2. The first-order valence-corrected chi connectivity index (χ1v) is 6.18. The number of carbonyl (C=O) groups is 2. The number of amides is 1. The Morgan fingerprint density at radius 1 is 1.42 bits per heavy atom. The van der Waals surface area contributed by atoms with Crippen LogP contribution in [0.2, 0.25) is 0 Å². The van der Waals surface area contributed by atoms with E-state index in [0.29, 0.717) is 0 Å². The highest BCUT2D eigenvalue weighted by Gasteiger charge is 2.39. The number of alkyl halides is 1. The molecule has 4 nitrogen and oxygen atoms in total. The molecule has 1 aromatic rings. The van der Waals surface area contributed by atoms with Crippen LogP contribution < -0.4 is 0 Å². The zero-order chi connectivity index (χ0) is 14.0. The number of halogens is 1. The fourth-order valence-corrected chi connectivity index (χ4v) is 2.19. The first-order chi connectivity index (χ1) is 8.99. The summed E-state index contributed by atoms with van der Waals surface area (Å²) in [6.07, 6.45) is -1.59. The van der Waals surface area contributed by atoms with Gasteiger partial charge >= 0.3 is 5.97 Å². The molecule has 19 heavy (non-hydrogen) atoms. The average molecular weight is 265 g/mol. The lowest BCUT2D eigenvalue weighted by Gasteiger charge is -2.39. The highest BCUT2D eigenvalue weighted by Crippen LogP contribution is 2.23. The van der Waals surface area contributed by atoms with Gasteiger partial charge in [-0.15, -0.1) is 0 Å². The summed E-state index contributed by atoms with van der Waals surface area (Å²) in [5.41, 5.74) is 1.99. The molecule has 0 spiro atoms. The van der Waals surface area contributed by atoms with Crippen molar-refractivity contribution in [1.82, 2.24) is 4.90 Å². The zero-order valence-corrected chi connectivity index (χ0v) is 10.7. The average Bonchev–Trinajstić information content (AvgIpc) is 2.30. The van der Waals surface area contributed by atoms with Crippen LogP contribution in [-0.4, -0.2) is 41.1 Å². The number of carboxylic acids is 1. The van der Waals surface area contributed by atoms with E-state index in [1.54, 1.807) is 0 Å². The molecule has 0 aromatic heterocycles.